The van der Waals surface area contributed by atoms with Gasteiger partial charge in [-0.1, -0.05) is 30.9 Å². The standard InChI is InChI=1S/C20H28ClN3O6S/c1-20(2,3)24-31(28,29)16-11-13(9-10-15(16)21)18(26)30-12-17(25)23-19(27)22-14-7-5-4-6-8-14/h9-11,14,24H,4-8,12H2,1-3H3,(H2,22,23,25,27). The molecule has 0 saturated heterocycles. The lowest BCUT2D eigenvalue weighted by Crippen LogP contribution is -2.46. The molecule has 0 atom stereocenters. The largest absolute Gasteiger partial charge is 0.452 e. The highest BCUT2D eigenvalue weighted by Gasteiger charge is 2.26. The van der Waals surface area contributed by atoms with Crippen molar-refractivity contribution in [3.63, 3.8) is 0 Å². The number of nitrogens with one attached hydrogen (secondary N) is 3. The third kappa shape index (κ3) is 8.12. The number of sulfonamides is 1. The third-order valence-electron chi connectivity index (χ3n) is 4.42. The minimum absolute atomic E-state index is 0.0280. The first-order valence-corrected chi connectivity index (χ1v) is 11.8. The average molecular weight is 474 g/mol. The van der Waals surface area contributed by atoms with E-state index >= 15 is 0 Å². The summed E-state index contributed by atoms with van der Waals surface area (Å²) in [6.45, 7) is 4.31. The molecule has 0 unspecified atom stereocenters. The van der Waals surface area contributed by atoms with E-state index in [4.69, 9.17) is 16.3 Å². The number of esters is 1. The van der Waals surface area contributed by atoms with Crippen LogP contribution in [0.25, 0.3) is 0 Å². The lowest BCUT2D eigenvalue weighted by molar-refractivity contribution is -0.123. The molecular weight excluding hydrogens is 446 g/mol. The van der Waals surface area contributed by atoms with E-state index in [-0.39, 0.29) is 21.5 Å². The van der Waals surface area contributed by atoms with Gasteiger partial charge in [-0.25, -0.2) is 22.7 Å². The molecule has 9 nitrogen and oxygen atoms in total. The maximum Gasteiger partial charge on any atom is 0.338 e. The molecule has 11 heteroatoms. The van der Waals surface area contributed by atoms with E-state index in [1.54, 1.807) is 20.8 Å². The SMILES string of the molecule is CC(C)(C)NS(=O)(=O)c1cc(C(=O)OCC(=O)NC(=O)NC2CCCCC2)ccc1Cl. The number of hydrogen-bond acceptors (Lipinski definition) is 6. The summed E-state index contributed by atoms with van der Waals surface area (Å²) in [7, 11) is -3.99. The van der Waals surface area contributed by atoms with E-state index in [2.05, 4.69) is 15.4 Å². The van der Waals surface area contributed by atoms with E-state index in [1.807, 2.05) is 0 Å². The molecular formula is C20H28ClN3O6S. The van der Waals surface area contributed by atoms with Crippen LogP contribution in [-0.4, -0.2) is 44.5 Å². The van der Waals surface area contributed by atoms with Crippen LogP contribution in [0.5, 0.6) is 0 Å². The van der Waals surface area contributed by atoms with Crippen molar-refractivity contribution >= 4 is 39.5 Å². The summed E-state index contributed by atoms with van der Waals surface area (Å²) in [4.78, 5) is 35.7. The van der Waals surface area contributed by atoms with E-state index in [0.29, 0.717) is 0 Å². The van der Waals surface area contributed by atoms with Crippen LogP contribution in [0.4, 0.5) is 4.79 Å². The Balaban J connectivity index is 1.94. The molecule has 31 heavy (non-hydrogen) atoms. The Hall–Kier alpha value is -2.17. The van der Waals surface area contributed by atoms with Crippen molar-refractivity contribution < 1.29 is 27.5 Å². The zero-order valence-corrected chi connectivity index (χ0v) is 19.4. The summed E-state index contributed by atoms with van der Waals surface area (Å²) in [5.41, 5.74) is -0.854. The number of urea groups is 1. The van der Waals surface area contributed by atoms with Gasteiger partial charge in [0.1, 0.15) is 4.90 Å². The van der Waals surface area contributed by atoms with Crippen LogP contribution in [0.2, 0.25) is 5.02 Å². The number of imide groups is 1. The van der Waals surface area contributed by atoms with Crippen LogP contribution in [-0.2, 0) is 19.6 Å². The highest BCUT2D eigenvalue weighted by Crippen LogP contribution is 2.24. The molecule has 172 valence electrons. The first-order chi connectivity index (χ1) is 14.4. The Kier molecular flexibility index (Phi) is 8.44. The lowest BCUT2D eigenvalue weighted by atomic mass is 9.96. The second kappa shape index (κ2) is 10.4. The topological polar surface area (TPSA) is 131 Å². The summed E-state index contributed by atoms with van der Waals surface area (Å²) in [5.74, 6) is -1.72. The van der Waals surface area contributed by atoms with Crippen molar-refractivity contribution in [3.05, 3.63) is 28.8 Å². The van der Waals surface area contributed by atoms with Crippen LogP contribution in [0, 0.1) is 0 Å². The van der Waals surface area contributed by atoms with Gasteiger partial charge in [0.05, 0.1) is 10.6 Å². The number of halogens is 1. The first-order valence-electron chi connectivity index (χ1n) is 9.98. The van der Waals surface area contributed by atoms with Crippen molar-refractivity contribution in [3.8, 4) is 0 Å². The predicted octanol–water partition coefficient (Wildman–Crippen LogP) is 2.73. The number of hydrogen-bond donors (Lipinski definition) is 3. The third-order valence-corrected chi connectivity index (χ3v) is 6.66. The highest BCUT2D eigenvalue weighted by molar-refractivity contribution is 7.89. The second-order valence-electron chi connectivity index (χ2n) is 8.43. The second-order valence-corrected chi connectivity index (χ2v) is 10.5. The molecule has 2 rings (SSSR count). The molecule has 1 aromatic carbocycles. The van der Waals surface area contributed by atoms with Gasteiger partial charge < -0.3 is 10.1 Å². The van der Waals surface area contributed by atoms with E-state index < -0.39 is 40.1 Å². The minimum Gasteiger partial charge on any atom is -0.452 e. The van der Waals surface area contributed by atoms with Gasteiger partial charge in [0.15, 0.2) is 6.61 Å². The minimum atomic E-state index is -3.99. The summed E-state index contributed by atoms with van der Waals surface area (Å²) in [5, 5.41) is 4.77. The molecule has 0 spiro atoms. The molecule has 0 aliphatic heterocycles. The van der Waals surface area contributed by atoms with E-state index in [0.717, 1.165) is 38.2 Å². The Morgan fingerprint density at radius 1 is 1.13 bits per heavy atom. The first kappa shape index (κ1) is 25.1. The fourth-order valence-electron chi connectivity index (χ4n) is 3.14. The molecule has 1 aliphatic carbocycles. The molecule has 0 bridgehead atoms. The van der Waals surface area contributed by atoms with Gasteiger partial charge in [0, 0.05) is 11.6 Å². The van der Waals surface area contributed by atoms with Crippen LogP contribution in [0.3, 0.4) is 0 Å². The van der Waals surface area contributed by atoms with Crippen molar-refractivity contribution in [2.75, 3.05) is 6.61 Å². The fraction of sp³-hybridized carbons (Fsp3) is 0.550. The van der Waals surface area contributed by atoms with Crippen LogP contribution < -0.4 is 15.4 Å². The van der Waals surface area contributed by atoms with Crippen molar-refractivity contribution in [1.82, 2.24) is 15.4 Å². The zero-order valence-electron chi connectivity index (χ0n) is 17.8. The number of carbonyl (C=O) groups is 3. The molecule has 3 N–H and O–H groups in total. The Morgan fingerprint density at radius 3 is 2.39 bits per heavy atom. The van der Waals surface area contributed by atoms with Crippen LogP contribution >= 0.6 is 11.6 Å². The van der Waals surface area contributed by atoms with Gasteiger partial charge in [0.25, 0.3) is 5.91 Å². The monoisotopic (exact) mass is 473 g/mol. The molecule has 0 aromatic heterocycles. The molecule has 0 radical (unpaired) electrons. The van der Waals surface area contributed by atoms with E-state index in [9.17, 15) is 22.8 Å². The smallest absolute Gasteiger partial charge is 0.338 e. The van der Waals surface area contributed by atoms with Gasteiger partial charge in [0.2, 0.25) is 10.0 Å². The Bertz CT molecular complexity index is 937. The molecule has 1 aromatic rings. The maximum absolute atomic E-state index is 12.5. The van der Waals surface area contributed by atoms with Gasteiger partial charge in [-0.05, 0) is 51.8 Å². The van der Waals surface area contributed by atoms with Crippen molar-refractivity contribution in [1.29, 1.82) is 0 Å². The van der Waals surface area contributed by atoms with Crippen molar-refractivity contribution in [2.45, 2.75) is 69.4 Å². The fourth-order valence-corrected chi connectivity index (χ4v) is 5.09. The summed E-state index contributed by atoms with van der Waals surface area (Å²) in [6.07, 6.45) is 4.92. The van der Waals surface area contributed by atoms with Crippen LogP contribution in [0.15, 0.2) is 23.1 Å². The zero-order chi connectivity index (χ0) is 23.2. The van der Waals surface area contributed by atoms with Crippen LogP contribution in [0.1, 0.15) is 63.2 Å². The summed E-state index contributed by atoms with van der Waals surface area (Å²) in [6, 6.07) is 3.01. The number of carbonyl (C=O) groups excluding carboxylic acids is 3. The molecule has 1 aliphatic rings. The number of benzene rings is 1. The molecule has 3 amide bonds. The Labute approximate surface area is 187 Å². The van der Waals surface area contributed by atoms with E-state index in [1.165, 1.54) is 12.1 Å². The summed E-state index contributed by atoms with van der Waals surface area (Å²) >= 11 is 6.00. The quantitative estimate of drug-likeness (QED) is 0.544. The molecule has 1 saturated carbocycles. The van der Waals surface area contributed by atoms with Gasteiger partial charge in [-0.15, -0.1) is 0 Å². The van der Waals surface area contributed by atoms with Crippen molar-refractivity contribution in [2.24, 2.45) is 0 Å². The van der Waals surface area contributed by atoms with Gasteiger partial charge >= 0.3 is 12.0 Å². The highest BCUT2D eigenvalue weighted by atomic mass is 35.5. The molecule has 0 heterocycles. The predicted molar refractivity (Wildman–Crippen MR) is 115 cm³/mol. The number of rotatable bonds is 6. The normalized spacial score (nSPS) is 15.2. The molecule has 1 fully saturated rings. The maximum atomic E-state index is 12.5. The summed E-state index contributed by atoms with van der Waals surface area (Å²) < 4.78 is 32.4. The van der Waals surface area contributed by atoms with Gasteiger partial charge in [-0.3, -0.25) is 10.1 Å². The Morgan fingerprint density at radius 2 is 1.77 bits per heavy atom. The lowest BCUT2D eigenvalue weighted by Gasteiger charge is -2.22. The van der Waals surface area contributed by atoms with Gasteiger partial charge in [-0.2, -0.15) is 0 Å². The average Bonchev–Trinajstić information content (AvgIpc) is 2.65. The number of ether oxygens (including phenoxy) is 1. The number of amides is 3.